The van der Waals surface area contributed by atoms with Crippen molar-refractivity contribution >= 4 is 45.3 Å². The van der Waals surface area contributed by atoms with Gasteiger partial charge in [0.25, 0.3) is 0 Å². The molecule has 1 atom stereocenters. The van der Waals surface area contributed by atoms with Crippen molar-refractivity contribution in [3.8, 4) is 0 Å². The topological polar surface area (TPSA) is 77.8 Å². The van der Waals surface area contributed by atoms with Gasteiger partial charge in [-0.3, -0.25) is 4.57 Å². The van der Waals surface area contributed by atoms with Gasteiger partial charge in [-0.25, -0.2) is 0 Å². The maximum atomic E-state index is 10.4. The van der Waals surface area contributed by atoms with Crippen LogP contribution in [0.25, 0.3) is 0 Å². The Hall–Kier alpha value is 1.62. The minimum absolute atomic E-state index is 0. The molecule has 0 aliphatic carbocycles. The maximum absolute atomic E-state index is 10.4. The quantitative estimate of drug-likeness (QED) is 0.271. The van der Waals surface area contributed by atoms with Gasteiger partial charge < -0.3 is 31.8 Å². The van der Waals surface area contributed by atoms with E-state index < -0.39 is 13.4 Å². The first-order valence-electron chi connectivity index (χ1n) is 3.17. The van der Waals surface area contributed by atoms with Gasteiger partial charge >= 0.3 is 45.3 Å². The third kappa shape index (κ3) is 11.5. The molecule has 0 aromatic heterocycles. The first kappa shape index (κ1) is 20.1. The van der Waals surface area contributed by atoms with Crippen LogP contribution >= 0.6 is 7.60 Å². The Kier molecular flexibility index (Phi) is 10.8. The van der Waals surface area contributed by atoms with E-state index in [1.54, 1.807) is 21.1 Å². The molecular formula is C5H17CaClNO4P. The van der Waals surface area contributed by atoms with Crippen LogP contribution in [0.15, 0.2) is 0 Å². The van der Waals surface area contributed by atoms with E-state index in [4.69, 9.17) is 14.9 Å². The molecule has 3 N–H and O–H groups in total. The van der Waals surface area contributed by atoms with Crippen molar-refractivity contribution in [2.24, 2.45) is 0 Å². The number of aliphatic hydroxyl groups is 1. The Morgan fingerprint density at radius 2 is 1.62 bits per heavy atom. The number of hydrogen-bond donors (Lipinski definition) is 3. The average Bonchev–Trinajstić information content (AvgIpc) is 1.56. The zero-order valence-corrected chi connectivity index (χ0v) is 8.96. The summed E-state index contributed by atoms with van der Waals surface area (Å²) < 4.78 is 10.8. The van der Waals surface area contributed by atoms with Crippen LogP contribution in [0.5, 0.6) is 0 Å². The third-order valence-electron chi connectivity index (χ3n) is 1.10. The summed E-state index contributed by atoms with van der Waals surface area (Å²) >= 11 is 0. The molecule has 1 unspecified atom stereocenters. The fraction of sp³-hybridized carbons (Fsp3) is 1.00. The zero-order valence-electron chi connectivity index (χ0n) is 7.31. The number of halogens is 1. The van der Waals surface area contributed by atoms with Crippen molar-refractivity contribution in [3.63, 3.8) is 0 Å². The van der Waals surface area contributed by atoms with Crippen LogP contribution in [-0.2, 0) is 4.57 Å². The van der Waals surface area contributed by atoms with Crippen molar-refractivity contribution in [3.05, 3.63) is 0 Å². The molecule has 0 aliphatic rings. The first-order valence-corrected chi connectivity index (χ1v) is 4.85. The van der Waals surface area contributed by atoms with Gasteiger partial charge in [0.05, 0.1) is 21.1 Å². The second kappa shape index (κ2) is 6.99. The van der Waals surface area contributed by atoms with Gasteiger partial charge in [-0.1, -0.05) is 0 Å². The van der Waals surface area contributed by atoms with Crippen LogP contribution in [-0.4, -0.2) is 90.6 Å². The monoisotopic (exact) mass is 261 g/mol. The standard InChI is InChI=1S/C5H14NO4P.Ca.ClH.2H/c1-6(2,3)4-5(7)11(8,9)10;;;;/h5,7H,4H2,1-3H3,(H-,8,9,10);;1H;;. The molecule has 0 bridgehead atoms. The van der Waals surface area contributed by atoms with Crippen molar-refractivity contribution < 1.29 is 36.3 Å². The number of aliphatic hydroxyl groups excluding tert-OH is 1. The molecule has 80 valence electrons. The summed E-state index contributed by atoms with van der Waals surface area (Å²) in [6, 6.07) is 0. The number of likely N-dealkylation sites (N-methyl/N-ethyl adjacent to an activating group) is 1. The molecule has 5 nitrogen and oxygen atoms in total. The van der Waals surface area contributed by atoms with E-state index in [1.165, 1.54) is 0 Å². The minimum Gasteiger partial charge on any atom is -1.00 e. The maximum Gasteiger partial charge on any atom is -1.00 e. The molecule has 0 saturated heterocycles. The summed E-state index contributed by atoms with van der Waals surface area (Å²) in [6.45, 7) is 0.0459. The number of quaternary nitrogens is 1. The van der Waals surface area contributed by atoms with Gasteiger partial charge in [-0.15, -0.1) is 0 Å². The van der Waals surface area contributed by atoms with Crippen LogP contribution in [0.3, 0.4) is 0 Å². The van der Waals surface area contributed by atoms with Gasteiger partial charge in [0.1, 0.15) is 6.54 Å². The minimum atomic E-state index is -4.31. The molecule has 0 heterocycles. The Balaban J connectivity index is -0.000000500. The molecule has 0 saturated carbocycles. The van der Waals surface area contributed by atoms with Gasteiger partial charge in [0.15, 0.2) is 0 Å². The molecule has 13 heavy (non-hydrogen) atoms. The summed E-state index contributed by atoms with van der Waals surface area (Å²) in [5, 5.41) is 8.94. The molecule has 0 radical (unpaired) electrons. The summed E-state index contributed by atoms with van der Waals surface area (Å²) in [6.07, 6.45) is 0. The van der Waals surface area contributed by atoms with E-state index in [0.29, 0.717) is 4.48 Å². The second-order valence-electron chi connectivity index (χ2n) is 3.54. The molecule has 0 aromatic carbocycles. The van der Waals surface area contributed by atoms with Crippen LogP contribution in [0, 0.1) is 0 Å². The molecule has 8 heteroatoms. The summed E-state index contributed by atoms with van der Waals surface area (Å²) in [7, 11) is 0.933. The molecule has 0 spiro atoms. The second-order valence-corrected chi connectivity index (χ2v) is 5.32. The van der Waals surface area contributed by atoms with E-state index in [2.05, 4.69) is 0 Å². The first-order chi connectivity index (χ1) is 4.63. The number of rotatable bonds is 3. The van der Waals surface area contributed by atoms with E-state index in [-0.39, 0.29) is 56.7 Å². The summed E-state index contributed by atoms with van der Waals surface area (Å²) in [5.41, 5.74) is 0. The fourth-order valence-electron chi connectivity index (χ4n) is 0.596. The third-order valence-corrected chi connectivity index (χ3v) is 2.04. The average molecular weight is 262 g/mol. The van der Waals surface area contributed by atoms with Gasteiger partial charge in [0.2, 0.25) is 5.85 Å². The van der Waals surface area contributed by atoms with Crippen LogP contribution in [0.1, 0.15) is 0 Å². The van der Waals surface area contributed by atoms with Gasteiger partial charge in [0, 0.05) is 0 Å². The van der Waals surface area contributed by atoms with Crippen molar-refractivity contribution in [1.82, 2.24) is 0 Å². The van der Waals surface area contributed by atoms with Crippen LogP contribution in [0.4, 0.5) is 0 Å². The largest absolute Gasteiger partial charge is 1.00 e. The van der Waals surface area contributed by atoms with E-state index in [0.717, 1.165) is 0 Å². The molecule has 0 aromatic rings. The van der Waals surface area contributed by atoms with Crippen LogP contribution in [0.2, 0.25) is 0 Å². The van der Waals surface area contributed by atoms with Crippen LogP contribution < -0.4 is 12.4 Å². The normalized spacial score (nSPS) is 14.0. The smallest absolute Gasteiger partial charge is 1.00 e. The Bertz CT molecular complexity index is 180. The fourth-order valence-corrected chi connectivity index (χ4v) is 1.30. The predicted octanol–water partition coefficient (Wildman–Crippen LogP) is -4.72. The summed E-state index contributed by atoms with van der Waals surface area (Å²) in [5.74, 6) is -1.55. The van der Waals surface area contributed by atoms with E-state index in [9.17, 15) is 4.57 Å². The van der Waals surface area contributed by atoms with Gasteiger partial charge in [-0.2, -0.15) is 0 Å². The molecule has 0 fully saturated rings. The molecule has 0 amide bonds. The molecule has 0 rings (SSSR count). The molecular weight excluding hydrogens is 245 g/mol. The Labute approximate surface area is 114 Å². The molecule has 0 aliphatic heterocycles. The Morgan fingerprint density at radius 1 is 1.31 bits per heavy atom. The predicted molar refractivity (Wildman–Crippen MR) is 49.5 cm³/mol. The number of nitrogens with zero attached hydrogens (tertiary/aromatic N) is 1. The van der Waals surface area contributed by atoms with Gasteiger partial charge in [-0.05, 0) is 0 Å². The zero-order chi connectivity index (χ0) is 9.28. The summed E-state index contributed by atoms with van der Waals surface area (Å²) in [4.78, 5) is 17.0. The van der Waals surface area contributed by atoms with Crippen molar-refractivity contribution in [2.75, 3.05) is 27.7 Å². The Morgan fingerprint density at radius 3 is 1.69 bits per heavy atom. The van der Waals surface area contributed by atoms with E-state index >= 15 is 0 Å². The van der Waals surface area contributed by atoms with E-state index in [1.807, 2.05) is 0 Å². The SMILES string of the molecule is C[N+](C)(C)CC(O)P(=O)(O)O.[CaH2].[Cl-]. The van der Waals surface area contributed by atoms with Crippen molar-refractivity contribution in [1.29, 1.82) is 0 Å². The van der Waals surface area contributed by atoms with Crippen molar-refractivity contribution in [2.45, 2.75) is 5.85 Å². The number of hydrogen-bond acceptors (Lipinski definition) is 2.